The molecule has 2 amide bonds. The zero-order valence-electron chi connectivity index (χ0n) is 17.2. The number of hydrogen-bond acceptors (Lipinski definition) is 4. The molecule has 1 fully saturated rings. The van der Waals surface area contributed by atoms with Crippen molar-refractivity contribution in [3.8, 4) is 5.75 Å². The molecular weight excluding hydrogens is 749 g/mol. The summed E-state index contributed by atoms with van der Waals surface area (Å²) < 4.78 is 22.9. The summed E-state index contributed by atoms with van der Waals surface area (Å²) in [7, 11) is 0. The molecule has 0 unspecified atom stereocenters. The second-order valence-corrected chi connectivity index (χ2v) is 10.8. The van der Waals surface area contributed by atoms with E-state index in [1.807, 2.05) is 24.3 Å². The lowest BCUT2D eigenvalue weighted by Gasteiger charge is -2.29. The van der Waals surface area contributed by atoms with Crippen molar-refractivity contribution in [1.82, 2.24) is 5.32 Å². The average Bonchev–Trinajstić information content (AvgIpc) is 2.78. The zero-order valence-corrected chi connectivity index (χ0v) is 23.9. The van der Waals surface area contributed by atoms with E-state index in [2.05, 4.69) is 66.4 Å². The maximum Gasteiger partial charge on any atom is 0.270 e. The van der Waals surface area contributed by atoms with Gasteiger partial charge in [-0.15, -0.1) is 0 Å². The molecule has 1 saturated heterocycles. The van der Waals surface area contributed by atoms with Gasteiger partial charge in [-0.2, -0.15) is 0 Å². The van der Waals surface area contributed by atoms with Gasteiger partial charge in [0.15, 0.2) is 5.11 Å². The Labute approximate surface area is 236 Å². The van der Waals surface area contributed by atoms with Crippen LogP contribution in [0.1, 0.15) is 11.1 Å². The van der Waals surface area contributed by atoms with E-state index in [4.69, 9.17) is 17.0 Å². The molecule has 1 heterocycles. The lowest BCUT2D eigenvalue weighted by atomic mass is 10.1. The van der Waals surface area contributed by atoms with Crippen LogP contribution < -0.4 is 15.0 Å². The van der Waals surface area contributed by atoms with E-state index in [0.717, 1.165) is 17.6 Å². The number of carbonyl (C=O) groups excluding carboxylic acids is 2. The highest BCUT2D eigenvalue weighted by molar-refractivity contribution is 14.1. The van der Waals surface area contributed by atoms with Gasteiger partial charge in [-0.1, -0.05) is 24.3 Å². The Bertz CT molecular complexity index is 1330. The standard InChI is InChI=1S/C24H14BrFI2N2O3S/c25-17-10-14(11-19(28)21(17)33-12-13-5-7-15(27)8-6-13)9-16-22(31)29-24(34)30(23(16)32)20-4-2-1-3-18(20)26/h1-11H,12H2,(H,29,31,34)/b16-9+. The first-order valence-electron chi connectivity index (χ1n) is 9.77. The molecule has 34 heavy (non-hydrogen) atoms. The Hall–Kier alpha value is -1.90. The number of para-hydroxylation sites is 1. The van der Waals surface area contributed by atoms with Crippen LogP contribution in [-0.2, 0) is 16.2 Å². The Kier molecular flexibility index (Phi) is 8.00. The van der Waals surface area contributed by atoms with Gasteiger partial charge in [-0.3, -0.25) is 14.9 Å². The van der Waals surface area contributed by atoms with Crippen LogP contribution in [-0.4, -0.2) is 16.9 Å². The molecular formula is C24H14BrFI2N2O3S. The SMILES string of the molecule is O=C1NC(=S)N(c2ccccc2F)C(=O)/C1=C/c1cc(Br)c(OCc2ccc(I)cc2)c(I)c1. The minimum Gasteiger partial charge on any atom is -0.487 e. The smallest absolute Gasteiger partial charge is 0.270 e. The van der Waals surface area contributed by atoms with Gasteiger partial charge in [0.05, 0.1) is 13.7 Å². The summed E-state index contributed by atoms with van der Waals surface area (Å²) in [5, 5.41) is 2.29. The minimum atomic E-state index is -0.705. The summed E-state index contributed by atoms with van der Waals surface area (Å²) in [6, 6.07) is 17.3. The summed E-state index contributed by atoms with van der Waals surface area (Å²) in [6.07, 6.45) is 1.45. The number of ether oxygens (including phenoxy) is 1. The fourth-order valence-electron chi connectivity index (χ4n) is 3.21. The first-order valence-corrected chi connectivity index (χ1v) is 13.1. The van der Waals surface area contributed by atoms with Gasteiger partial charge in [0.2, 0.25) is 0 Å². The molecule has 1 aliphatic rings. The van der Waals surface area contributed by atoms with Crippen LogP contribution in [0.3, 0.4) is 0 Å². The Balaban J connectivity index is 1.61. The Morgan fingerprint density at radius 1 is 1.09 bits per heavy atom. The third-order valence-corrected chi connectivity index (χ3v) is 7.22. The van der Waals surface area contributed by atoms with E-state index in [-0.39, 0.29) is 16.4 Å². The highest BCUT2D eigenvalue weighted by Gasteiger charge is 2.35. The highest BCUT2D eigenvalue weighted by atomic mass is 127. The first-order chi connectivity index (χ1) is 16.2. The number of anilines is 1. The summed E-state index contributed by atoms with van der Waals surface area (Å²) in [5.41, 5.74) is 1.44. The maximum atomic E-state index is 14.3. The van der Waals surface area contributed by atoms with E-state index in [1.54, 1.807) is 18.2 Å². The average molecular weight is 763 g/mol. The Morgan fingerprint density at radius 3 is 2.47 bits per heavy atom. The molecule has 0 atom stereocenters. The molecule has 0 saturated carbocycles. The summed E-state index contributed by atoms with van der Waals surface area (Å²) >= 11 is 13.0. The lowest BCUT2D eigenvalue weighted by Crippen LogP contribution is -2.54. The van der Waals surface area contributed by atoms with Crippen molar-refractivity contribution in [2.75, 3.05) is 4.90 Å². The van der Waals surface area contributed by atoms with Gasteiger partial charge in [0, 0.05) is 3.57 Å². The van der Waals surface area contributed by atoms with Crippen molar-refractivity contribution in [2.45, 2.75) is 6.61 Å². The van der Waals surface area contributed by atoms with Crippen LogP contribution in [0.4, 0.5) is 10.1 Å². The van der Waals surface area contributed by atoms with Crippen LogP contribution in [0.25, 0.3) is 6.08 Å². The largest absolute Gasteiger partial charge is 0.487 e. The van der Waals surface area contributed by atoms with E-state index >= 15 is 0 Å². The second-order valence-electron chi connectivity index (χ2n) is 7.14. The fraction of sp³-hybridized carbons (Fsp3) is 0.0417. The van der Waals surface area contributed by atoms with Crippen molar-refractivity contribution in [2.24, 2.45) is 0 Å². The number of thiocarbonyl (C=S) groups is 1. The number of benzene rings is 3. The minimum absolute atomic E-state index is 0.0292. The maximum absolute atomic E-state index is 14.3. The molecule has 0 radical (unpaired) electrons. The number of carbonyl (C=O) groups is 2. The molecule has 1 N–H and O–H groups in total. The van der Waals surface area contributed by atoms with Crippen molar-refractivity contribution in [3.63, 3.8) is 0 Å². The van der Waals surface area contributed by atoms with Gasteiger partial charge in [0.1, 0.15) is 23.7 Å². The number of hydrogen-bond donors (Lipinski definition) is 1. The quantitative estimate of drug-likeness (QED) is 0.146. The van der Waals surface area contributed by atoms with Crippen molar-refractivity contribution < 1.29 is 18.7 Å². The van der Waals surface area contributed by atoms with Gasteiger partial charge in [-0.05, 0) is 127 Å². The Morgan fingerprint density at radius 2 is 1.79 bits per heavy atom. The van der Waals surface area contributed by atoms with Gasteiger partial charge < -0.3 is 4.74 Å². The third kappa shape index (κ3) is 5.50. The van der Waals surface area contributed by atoms with E-state index in [1.165, 1.54) is 24.3 Å². The lowest BCUT2D eigenvalue weighted by molar-refractivity contribution is -0.122. The zero-order chi connectivity index (χ0) is 24.4. The summed E-state index contributed by atoms with van der Waals surface area (Å²) in [4.78, 5) is 26.7. The van der Waals surface area contributed by atoms with E-state index in [0.29, 0.717) is 22.4 Å². The summed E-state index contributed by atoms with van der Waals surface area (Å²) in [5.74, 6) is -1.33. The monoisotopic (exact) mass is 762 g/mol. The topological polar surface area (TPSA) is 58.6 Å². The fourth-order valence-corrected chi connectivity index (χ4v) is 5.62. The predicted molar refractivity (Wildman–Crippen MR) is 153 cm³/mol. The molecule has 3 aromatic rings. The molecule has 3 aromatic carbocycles. The molecule has 5 nitrogen and oxygen atoms in total. The molecule has 172 valence electrons. The van der Waals surface area contributed by atoms with E-state index in [9.17, 15) is 14.0 Å². The molecule has 1 aliphatic heterocycles. The van der Waals surface area contributed by atoms with Crippen LogP contribution in [0, 0.1) is 13.0 Å². The van der Waals surface area contributed by atoms with Gasteiger partial charge in [-0.25, -0.2) is 9.29 Å². The van der Waals surface area contributed by atoms with Crippen molar-refractivity contribution in [1.29, 1.82) is 0 Å². The van der Waals surface area contributed by atoms with Crippen LogP contribution in [0.5, 0.6) is 5.75 Å². The predicted octanol–water partition coefficient (Wildman–Crippen LogP) is 6.21. The molecule has 4 rings (SSSR count). The van der Waals surface area contributed by atoms with Crippen LogP contribution in [0.15, 0.2) is 70.7 Å². The van der Waals surface area contributed by atoms with Gasteiger partial charge in [0.25, 0.3) is 11.8 Å². The molecule has 0 aromatic heterocycles. The molecule has 0 bridgehead atoms. The summed E-state index contributed by atoms with van der Waals surface area (Å²) in [6.45, 7) is 0.391. The molecule has 0 aliphatic carbocycles. The van der Waals surface area contributed by atoms with E-state index < -0.39 is 17.6 Å². The molecule has 10 heteroatoms. The van der Waals surface area contributed by atoms with Crippen LogP contribution >= 0.6 is 73.3 Å². The van der Waals surface area contributed by atoms with Crippen LogP contribution in [0.2, 0.25) is 0 Å². The second kappa shape index (κ2) is 10.8. The number of amides is 2. The number of halogens is 4. The highest BCUT2D eigenvalue weighted by Crippen LogP contribution is 2.34. The van der Waals surface area contributed by atoms with Crippen molar-refractivity contribution >= 4 is 102 Å². The molecule has 0 spiro atoms. The normalized spacial score (nSPS) is 15.0. The number of rotatable bonds is 5. The van der Waals surface area contributed by atoms with Gasteiger partial charge >= 0.3 is 0 Å². The third-order valence-electron chi connectivity index (χ3n) is 4.82. The van der Waals surface area contributed by atoms with Crippen molar-refractivity contribution in [3.05, 3.63) is 94.8 Å². The number of nitrogens with one attached hydrogen (secondary N) is 1. The first kappa shape index (κ1) is 25.2. The number of nitrogens with zero attached hydrogens (tertiary/aromatic N) is 1.